The van der Waals surface area contributed by atoms with E-state index in [1.54, 1.807) is 24.3 Å². The van der Waals surface area contributed by atoms with E-state index in [2.05, 4.69) is 30.7 Å². The molecule has 162 valence electrons. The van der Waals surface area contributed by atoms with Gasteiger partial charge in [0.05, 0.1) is 18.9 Å². The van der Waals surface area contributed by atoms with Crippen LogP contribution >= 0.6 is 0 Å². The van der Waals surface area contributed by atoms with Crippen LogP contribution in [0.1, 0.15) is 45.6 Å². The number of hydrogen-bond acceptors (Lipinski definition) is 6. The number of methoxy groups -OCH3 is 1. The molecule has 0 spiro atoms. The zero-order valence-electron chi connectivity index (χ0n) is 17.8. The first-order valence-corrected chi connectivity index (χ1v) is 9.95. The predicted molar refractivity (Wildman–Crippen MR) is 115 cm³/mol. The molecule has 1 aliphatic rings. The molecule has 1 aromatic carbocycles. The van der Waals surface area contributed by atoms with Crippen LogP contribution in [0.4, 0.5) is 0 Å². The maximum absolute atomic E-state index is 12.4. The molecule has 2 atom stereocenters. The Morgan fingerprint density at radius 3 is 2.63 bits per heavy atom. The average Bonchev–Trinajstić information content (AvgIpc) is 2.62. The fourth-order valence-corrected chi connectivity index (χ4v) is 4.75. The van der Waals surface area contributed by atoms with Crippen LogP contribution < -0.4 is 16.0 Å². The number of aromatic amines is 1. The van der Waals surface area contributed by atoms with Crippen molar-refractivity contribution in [2.45, 2.75) is 46.1 Å². The smallest absolute Gasteiger partial charge is 0.335 e. The van der Waals surface area contributed by atoms with Crippen molar-refractivity contribution in [1.82, 2.24) is 9.55 Å². The third-order valence-electron chi connectivity index (χ3n) is 5.56. The van der Waals surface area contributed by atoms with Crippen molar-refractivity contribution in [3.63, 3.8) is 0 Å². The second-order valence-corrected chi connectivity index (χ2v) is 9.19. The number of aliphatic hydroxyl groups is 1. The predicted octanol–water partition coefficient (Wildman–Crippen LogP) is 2.24. The highest BCUT2D eigenvalue weighted by atomic mass is 16.5. The molecular weight excluding hydrogens is 386 g/mol. The van der Waals surface area contributed by atoms with Gasteiger partial charge in [-0.15, -0.1) is 0 Å². The van der Waals surface area contributed by atoms with Crippen molar-refractivity contribution in [2.75, 3.05) is 13.7 Å². The van der Waals surface area contributed by atoms with Crippen LogP contribution in [0.5, 0.6) is 11.6 Å². The number of aromatic hydroxyl groups is 1. The van der Waals surface area contributed by atoms with Gasteiger partial charge in [0.1, 0.15) is 11.3 Å². The Labute approximate surface area is 174 Å². The summed E-state index contributed by atoms with van der Waals surface area (Å²) in [5, 5.41) is 20.9. The minimum absolute atomic E-state index is 0.00135. The summed E-state index contributed by atoms with van der Waals surface area (Å²) in [6, 6.07) is 6.68. The van der Waals surface area contributed by atoms with Gasteiger partial charge in [-0.2, -0.15) is 0 Å². The van der Waals surface area contributed by atoms with Crippen molar-refractivity contribution in [3.8, 4) is 17.3 Å². The number of hydrogen-bond donors (Lipinski definition) is 3. The van der Waals surface area contributed by atoms with Gasteiger partial charge in [-0.3, -0.25) is 14.8 Å². The largest absolute Gasteiger partial charge is 0.495 e. The summed E-state index contributed by atoms with van der Waals surface area (Å²) >= 11 is 0. The number of rotatable bonds is 5. The fourth-order valence-electron chi connectivity index (χ4n) is 4.75. The van der Waals surface area contributed by atoms with E-state index in [-0.39, 0.29) is 16.4 Å². The summed E-state index contributed by atoms with van der Waals surface area (Å²) in [4.78, 5) is 31.3. The molecule has 30 heavy (non-hydrogen) atoms. The molecule has 1 fully saturated rings. The Bertz CT molecular complexity index is 1070. The molecule has 8 nitrogen and oxygen atoms in total. The molecule has 0 saturated heterocycles. The highest BCUT2D eigenvalue weighted by molar-refractivity contribution is 5.82. The second kappa shape index (κ2) is 8.10. The van der Waals surface area contributed by atoms with Crippen LogP contribution in [-0.2, 0) is 0 Å². The Kier molecular flexibility index (Phi) is 5.90. The SMILES string of the molecule is COc1ccccc1-n1c(O)c(C=NC[C@]2(C)C[C@@H](O)CC(C)(C)C2)c(=O)[nH]c1=O. The first-order chi connectivity index (χ1) is 14.1. The van der Waals surface area contributed by atoms with E-state index in [1.165, 1.54) is 13.3 Å². The number of aliphatic hydroxyl groups excluding tert-OH is 1. The maximum atomic E-state index is 12.4. The third-order valence-corrected chi connectivity index (χ3v) is 5.56. The number of ether oxygens (including phenoxy) is 1. The maximum Gasteiger partial charge on any atom is 0.335 e. The molecule has 1 saturated carbocycles. The summed E-state index contributed by atoms with van der Waals surface area (Å²) in [7, 11) is 1.45. The van der Waals surface area contributed by atoms with Crippen LogP contribution in [0.25, 0.3) is 5.69 Å². The number of H-pyrrole nitrogens is 1. The monoisotopic (exact) mass is 415 g/mol. The van der Waals surface area contributed by atoms with Gasteiger partial charge in [-0.05, 0) is 42.2 Å². The van der Waals surface area contributed by atoms with Crippen LogP contribution in [0.3, 0.4) is 0 Å². The van der Waals surface area contributed by atoms with Gasteiger partial charge < -0.3 is 14.9 Å². The lowest BCUT2D eigenvalue weighted by atomic mass is 9.63. The molecule has 0 aliphatic heterocycles. The van der Waals surface area contributed by atoms with E-state index < -0.39 is 23.2 Å². The summed E-state index contributed by atoms with van der Waals surface area (Å²) in [5.74, 6) is -0.137. The zero-order chi connectivity index (χ0) is 22.1. The fraction of sp³-hybridized carbons (Fsp3) is 0.500. The second-order valence-electron chi connectivity index (χ2n) is 9.19. The van der Waals surface area contributed by atoms with Gasteiger partial charge in [-0.1, -0.05) is 32.9 Å². The molecule has 1 aliphatic carbocycles. The minimum Gasteiger partial charge on any atom is -0.495 e. The molecule has 0 bridgehead atoms. The molecular formula is C22H29N3O5. The first kappa shape index (κ1) is 21.8. The van der Waals surface area contributed by atoms with Crippen molar-refractivity contribution in [2.24, 2.45) is 15.8 Å². The molecule has 0 amide bonds. The molecule has 0 unspecified atom stereocenters. The van der Waals surface area contributed by atoms with Gasteiger partial charge in [0.25, 0.3) is 5.56 Å². The molecule has 1 aromatic heterocycles. The summed E-state index contributed by atoms with van der Waals surface area (Å²) in [6.45, 7) is 6.70. The van der Waals surface area contributed by atoms with Crippen molar-refractivity contribution < 1.29 is 14.9 Å². The van der Waals surface area contributed by atoms with E-state index in [4.69, 9.17) is 4.74 Å². The van der Waals surface area contributed by atoms with Crippen LogP contribution in [0, 0.1) is 10.8 Å². The van der Waals surface area contributed by atoms with E-state index in [0.717, 1.165) is 17.4 Å². The normalized spacial score (nSPS) is 23.6. The van der Waals surface area contributed by atoms with Gasteiger partial charge in [0.15, 0.2) is 0 Å². The molecule has 8 heteroatoms. The molecule has 3 N–H and O–H groups in total. The lowest BCUT2D eigenvalue weighted by molar-refractivity contribution is -0.00472. The van der Waals surface area contributed by atoms with Gasteiger partial charge in [-0.25, -0.2) is 9.36 Å². The average molecular weight is 415 g/mol. The minimum atomic E-state index is -0.775. The molecule has 3 rings (SSSR count). The number of para-hydroxylation sites is 2. The topological polar surface area (TPSA) is 117 Å². The third kappa shape index (κ3) is 4.48. The standard InChI is InChI=1S/C22H29N3O5/c1-21(2)9-14(26)10-22(3,12-21)13-23-11-15-18(27)24-20(29)25(19(15)28)16-7-5-6-8-17(16)30-4/h5-8,11,14,26,28H,9-10,12-13H2,1-4H3,(H,24,27,29)/t14-,22+/m0/s1. The molecule has 0 radical (unpaired) electrons. The Morgan fingerprint density at radius 1 is 1.27 bits per heavy atom. The lowest BCUT2D eigenvalue weighted by Crippen LogP contribution is -2.40. The quantitative estimate of drug-likeness (QED) is 0.648. The van der Waals surface area contributed by atoms with E-state index >= 15 is 0 Å². The summed E-state index contributed by atoms with van der Waals surface area (Å²) < 4.78 is 6.25. The highest BCUT2D eigenvalue weighted by Gasteiger charge is 2.40. The Hall–Kier alpha value is -2.87. The van der Waals surface area contributed by atoms with Gasteiger partial charge in [0, 0.05) is 12.8 Å². The first-order valence-electron chi connectivity index (χ1n) is 9.95. The van der Waals surface area contributed by atoms with Crippen LogP contribution in [0.2, 0.25) is 0 Å². The summed E-state index contributed by atoms with van der Waals surface area (Å²) in [5.41, 5.74) is -1.53. The number of aromatic nitrogens is 2. The van der Waals surface area contributed by atoms with Gasteiger partial charge in [0.2, 0.25) is 5.88 Å². The Balaban J connectivity index is 1.96. The van der Waals surface area contributed by atoms with Crippen molar-refractivity contribution in [3.05, 3.63) is 50.7 Å². The number of nitrogens with zero attached hydrogens (tertiary/aromatic N) is 2. The Morgan fingerprint density at radius 2 is 1.97 bits per heavy atom. The van der Waals surface area contributed by atoms with Crippen LogP contribution in [0.15, 0.2) is 38.8 Å². The number of nitrogens with one attached hydrogen (secondary N) is 1. The lowest BCUT2D eigenvalue weighted by Gasteiger charge is -2.44. The molecule has 2 aromatic rings. The van der Waals surface area contributed by atoms with E-state index in [0.29, 0.717) is 24.4 Å². The zero-order valence-corrected chi connectivity index (χ0v) is 17.8. The summed E-state index contributed by atoms with van der Waals surface area (Å²) in [6.07, 6.45) is 3.15. The number of benzene rings is 1. The van der Waals surface area contributed by atoms with Gasteiger partial charge >= 0.3 is 5.69 Å². The molecule has 1 heterocycles. The number of aliphatic imine (C=N–C) groups is 1. The van der Waals surface area contributed by atoms with E-state index in [9.17, 15) is 19.8 Å². The van der Waals surface area contributed by atoms with Crippen LogP contribution in [-0.4, -0.2) is 45.7 Å². The van der Waals surface area contributed by atoms with Crippen molar-refractivity contribution >= 4 is 6.21 Å². The van der Waals surface area contributed by atoms with E-state index in [1.807, 2.05) is 0 Å². The highest BCUT2D eigenvalue weighted by Crippen LogP contribution is 2.46. The van der Waals surface area contributed by atoms with Crippen molar-refractivity contribution in [1.29, 1.82) is 0 Å².